The van der Waals surface area contributed by atoms with Gasteiger partial charge in [-0.1, -0.05) is 30.3 Å². The van der Waals surface area contributed by atoms with Crippen molar-refractivity contribution >= 4 is 16.9 Å². The van der Waals surface area contributed by atoms with Gasteiger partial charge in [-0.2, -0.15) is 0 Å². The zero-order valence-electron chi connectivity index (χ0n) is 18.3. The number of aryl methyl sites for hydroxylation is 1. The third kappa shape index (κ3) is 5.95. The fraction of sp³-hybridized carbons (Fsp3) is 0.360. The normalized spacial score (nSPS) is 12.0. The van der Waals surface area contributed by atoms with Gasteiger partial charge < -0.3 is 19.2 Å². The second-order valence-corrected chi connectivity index (χ2v) is 7.48. The molecule has 1 unspecified atom stereocenters. The van der Waals surface area contributed by atoms with Crippen molar-refractivity contribution in [2.45, 2.75) is 39.2 Å². The van der Waals surface area contributed by atoms with E-state index in [0.29, 0.717) is 36.5 Å². The lowest BCUT2D eigenvalue weighted by molar-refractivity contribution is -0.121. The van der Waals surface area contributed by atoms with Crippen LogP contribution in [0.2, 0.25) is 0 Å². The highest BCUT2D eigenvalue weighted by Gasteiger charge is 2.13. The van der Waals surface area contributed by atoms with E-state index in [1.807, 2.05) is 56.3 Å². The number of carbonyl (C=O) groups excluding carboxylic acids is 1. The minimum Gasteiger partial charge on any atom is -0.497 e. The maximum absolute atomic E-state index is 12.4. The Hall–Kier alpha value is -3.12. The van der Waals surface area contributed by atoms with Gasteiger partial charge in [0.05, 0.1) is 13.2 Å². The van der Waals surface area contributed by atoms with E-state index in [9.17, 15) is 9.59 Å². The molecule has 3 rings (SSSR count). The molecule has 164 valence electrons. The maximum atomic E-state index is 12.4. The predicted octanol–water partition coefficient (Wildman–Crippen LogP) is 4.33. The molecule has 0 bridgehead atoms. The Morgan fingerprint density at radius 3 is 2.68 bits per heavy atom. The van der Waals surface area contributed by atoms with Crippen LogP contribution in [0.4, 0.5) is 0 Å². The highest BCUT2D eigenvalue weighted by Crippen LogP contribution is 2.24. The summed E-state index contributed by atoms with van der Waals surface area (Å²) in [5, 5.41) is 3.74. The van der Waals surface area contributed by atoms with Gasteiger partial charge in [0.1, 0.15) is 11.3 Å². The van der Waals surface area contributed by atoms with Gasteiger partial charge in [0, 0.05) is 36.6 Å². The van der Waals surface area contributed by atoms with Crippen LogP contribution >= 0.6 is 0 Å². The number of benzene rings is 2. The fourth-order valence-electron chi connectivity index (χ4n) is 3.50. The smallest absolute Gasteiger partial charge is 0.339 e. The van der Waals surface area contributed by atoms with Crippen LogP contribution in [0, 0.1) is 6.92 Å². The van der Waals surface area contributed by atoms with Crippen molar-refractivity contribution in [2.75, 3.05) is 20.3 Å². The number of carbonyl (C=O) groups is 1. The molecule has 0 aliphatic heterocycles. The van der Waals surface area contributed by atoms with Crippen molar-refractivity contribution in [3.63, 3.8) is 0 Å². The van der Waals surface area contributed by atoms with Crippen LogP contribution in [0.15, 0.2) is 57.7 Å². The average molecular weight is 424 g/mol. The number of hydrogen-bond donors (Lipinski definition) is 1. The molecule has 3 aromatic rings. The first-order valence-corrected chi connectivity index (χ1v) is 10.5. The lowest BCUT2D eigenvalue weighted by Crippen LogP contribution is -2.26. The van der Waals surface area contributed by atoms with Crippen LogP contribution < -0.4 is 15.7 Å². The average Bonchev–Trinajstić information content (AvgIpc) is 2.78. The van der Waals surface area contributed by atoms with Gasteiger partial charge in [-0.3, -0.25) is 4.79 Å². The van der Waals surface area contributed by atoms with Gasteiger partial charge in [0.2, 0.25) is 5.91 Å². The highest BCUT2D eigenvalue weighted by atomic mass is 16.5. The van der Waals surface area contributed by atoms with Crippen molar-refractivity contribution in [3.05, 3.63) is 75.6 Å². The summed E-state index contributed by atoms with van der Waals surface area (Å²) in [5.74, 6) is 0.536. The first-order chi connectivity index (χ1) is 15.0. The van der Waals surface area contributed by atoms with Crippen molar-refractivity contribution in [2.24, 2.45) is 0 Å². The quantitative estimate of drug-likeness (QED) is 0.388. The van der Waals surface area contributed by atoms with E-state index in [4.69, 9.17) is 13.9 Å². The van der Waals surface area contributed by atoms with Gasteiger partial charge in [0.15, 0.2) is 0 Å². The van der Waals surface area contributed by atoms with E-state index >= 15 is 0 Å². The molecule has 1 aromatic heterocycles. The number of fused-ring (bicyclic) bond motifs is 1. The van der Waals surface area contributed by atoms with Crippen LogP contribution in [0.25, 0.3) is 11.0 Å². The van der Waals surface area contributed by atoms with E-state index < -0.39 is 5.63 Å². The molecule has 6 heteroatoms. The van der Waals surface area contributed by atoms with Gasteiger partial charge in [-0.15, -0.1) is 0 Å². The van der Waals surface area contributed by atoms with Gasteiger partial charge in [-0.25, -0.2) is 4.79 Å². The number of rotatable bonds is 10. The number of nitrogens with one attached hydrogen (secondary N) is 1. The fourth-order valence-corrected chi connectivity index (χ4v) is 3.50. The molecule has 0 saturated heterocycles. The molecule has 6 nitrogen and oxygen atoms in total. The van der Waals surface area contributed by atoms with E-state index in [1.54, 1.807) is 13.2 Å². The molecule has 0 aliphatic rings. The third-order valence-corrected chi connectivity index (χ3v) is 5.38. The third-order valence-electron chi connectivity index (χ3n) is 5.38. The molecule has 0 fully saturated rings. The summed E-state index contributed by atoms with van der Waals surface area (Å²) in [5.41, 5.74) is 2.58. The Kier molecular flexibility index (Phi) is 7.84. The van der Waals surface area contributed by atoms with Crippen molar-refractivity contribution < 1.29 is 18.7 Å². The second kappa shape index (κ2) is 10.8. The summed E-state index contributed by atoms with van der Waals surface area (Å²) in [6.07, 6.45) is 1.31. The molecule has 2 aromatic carbocycles. The molecular weight excluding hydrogens is 394 g/mol. The molecule has 1 atom stereocenters. The number of ether oxygens (including phenoxy) is 2. The zero-order chi connectivity index (χ0) is 22.2. The van der Waals surface area contributed by atoms with Crippen LogP contribution in [0.5, 0.6) is 5.75 Å². The van der Waals surface area contributed by atoms with Gasteiger partial charge >= 0.3 is 5.63 Å². The first-order valence-electron chi connectivity index (χ1n) is 10.5. The largest absolute Gasteiger partial charge is 0.497 e. The summed E-state index contributed by atoms with van der Waals surface area (Å²) >= 11 is 0. The number of hydrogen-bond acceptors (Lipinski definition) is 5. The lowest BCUT2D eigenvalue weighted by atomic mass is 10.0. The lowest BCUT2D eigenvalue weighted by Gasteiger charge is -2.13. The molecule has 0 spiro atoms. The maximum Gasteiger partial charge on any atom is 0.339 e. The van der Waals surface area contributed by atoms with Crippen LogP contribution in [0.1, 0.15) is 42.6 Å². The summed E-state index contributed by atoms with van der Waals surface area (Å²) in [6.45, 7) is 4.99. The van der Waals surface area contributed by atoms with E-state index in [0.717, 1.165) is 22.9 Å². The molecule has 1 amide bonds. The Balaban J connectivity index is 1.45. The Labute approximate surface area is 182 Å². The topological polar surface area (TPSA) is 77.8 Å². The SMILES string of the molecule is COc1ccc2c(C)c(CCC(=O)NCCCOC(C)c3ccccc3)c(=O)oc2c1. The highest BCUT2D eigenvalue weighted by molar-refractivity contribution is 5.82. The van der Waals surface area contributed by atoms with E-state index in [-0.39, 0.29) is 18.4 Å². The Bertz CT molecular complexity index is 1070. The van der Waals surface area contributed by atoms with Crippen LogP contribution in [-0.4, -0.2) is 26.2 Å². The molecule has 0 saturated carbocycles. The summed E-state index contributed by atoms with van der Waals surface area (Å²) in [6, 6.07) is 15.4. The van der Waals surface area contributed by atoms with Crippen LogP contribution in [0.3, 0.4) is 0 Å². The van der Waals surface area contributed by atoms with Crippen molar-refractivity contribution in [1.29, 1.82) is 0 Å². The molecular formula is C25H29NO5. The monoisotopic (exact) mass is 423 g/mol. The molecule has 0 aliphatic carbocycles. The summed E-state index contributed by atoms with van der Waals surface area (Å²) in [4.78, 5) is 24.6. The number of amides is 1. The predicted molar refractivity (Wildman–Crippen MR) is 121 cm³/mol. The van der Waals surface area contributed by atoms with E-state index in [2.05, 4.69) is 5.32 Å². The summed E-state index contributed by atoms with van der Waals surface area (Å²) in [7, 11) is 1.56. The molecule has 0 radical (unpaired) electrons. The Morgan fingerprint density at radius 2 is 1.94 bits per heavy atom. The standard InChI is InChI=1S/C25H29NO5/c1-17-21-11-10-20(29-3)16-23(21)31-25(28)22(17)12-13-24(27)26-14-7-15-30-18(2)19-8-5-4-6-9-19/h4-6,8-11,16,18H,7,12-15H2,1-3H3,(H,26,27). The van der Waals surface area contributed by atoms with Crippen molar-refractivity contribution in [3.8, 4) is 5.75 Å². The summed E-state index contributed by atoms with van der Waals surface area (Å²) < 4.78 is 16.4. The minimum atomic E-state index is -0.408. The van der Waals surface area contributed by atoms with Gasteiger partial charge in [-0.05, 0) is 49.9 Å². The first kappa shape index (κ1) is 22.6. The second-order valence-electron chi connectivity index (χ2n) is 7.48. The zero-order valence-corrected chi connectivity index (χ0v) is 18.3. The molecule has 1 heterocycles. The van der Waals surface area contributed by atoms with Crippen LogP contribution in [-0.2, 0) is 16.0 Å². The number of methoxy groups -OCH3 is 1. The Morgan fingerprint density at radius 1 is 1.16 bits per heavy atom. The van der Waals surface area contributed by atoms with Crippen molar-refractivity contribution in [1.82, 2.24) is 5.32 Å². The van der Waals surface area contributed by atoms with Gasteiger partial charge in [0.25, 0.3) is 0 Å². The minimum absolute atomic E-state index is 0.0203. The molecule has 31 heavy (non-hydrogen) atoms. The molecule has 1 N–H and O–H groups in total. The van der Waals surface area contributed by atoms with E-state index in [1.165, 1.54) is 0 Å².